The minimum Gasteiger partial charge on any atom is -0.545 e. The molecule has 0 heterocycles. The van der Waals surface area contributed by atoms with E-state index in [9.17, 15) is 23.1 Å². The average molecular weight is 378 g/mol. The van der Waals surface area contributed by atoms with Crippen LogP contribution in [0, 0.1) is 0 Å². The maximum atomic E-state index is 10.7. The van der Waals surface area contributed by atoms with Crippen LogP contribution in [0.4, 0.5) is 0 Å². The zero-order chi connectivity index (χ0) is 12.5. The molecule has 0 saturated heterocycles. The standard InChI is InChI=1S/C8H6O7S.Cs/c9-7(10)4-1-5(8(11)12)3-6(2-4)16(13,14)15;/h1-3H,(H,9,10)(H,11,12)(H,13,14,15);/q;+1/p-1. The first-order valence-electron chi connectivity index (χ1n) is 3.79. The van der Waals surface area contributed by atoms with Gasteiger partial charge in [0.2, 0.25) is 0 Å². The first-order valence-corrected chi connectivity index (χ1v) is 5.23. The molecule has 1 aromatic rings. The summed E-state index contributed by atoms with van der Waals surface area (Å²) in [6.07, 6.45) is 0. The summed E-state index contributed by atoms with van der Waals surface area (Å²) in [5, 5.41) is 19.1. The molecule has 0 radical (unpaired) electrons. The van der Waals surface area contributed by atoms with Crippen LogP contribution in [0.25, 0.3) is 0 Å². The minimum absolute atomic E-state index is 0. The van der Waals surface area contributed by atoms with E-state index < -0.39 is 38.1 Å². The van der Waals surface area contributed by atoms with Gasteiger partial charge >= 0.3 is 74.9 Å². The summed E-state index contributed by atoms with van der Waals surface area (Å²) in [5.41, 5.74) is -1.22. The molecule has 9 heteroatoms. The van der Waals surface area contributed by atoms with Crippen molar-refractivity contribution in [3.05, 3.63) is 29.3 Å². The van der Waals surface area contributed by atoms with Crippen LogP contribution in [0.2, 0.25) is 0 Å². The number of carbonyl (C=O) groups excluding carboxylic acids is 1. The predicted octanol–water partition coefficient (Wildman–Crippen LogP) is -4.00. The van der Waals surface area contributed by atoms with Gasteiger partial charge in [0.15, 0.2) is 0 Å². The maximum Gasteiger partial charge on any atom is 1.00 e. The van der Waals surface area contributed by atoms with Crippen LogP contribution in [-0.4, -0.2) is 30.0 Å². The molecule has 0 atom stereocenters. The molecule has 0 aliphatic rings. The largest absolute Gasteiger partial charge is 1.00 e. The smallest absolute Gasteiger partial charge is 0.545 e. The number of carbonyl (C=O) groups is 2. The number of carboxylic acid groups (broad SMARTS) is 2. The molecular formula is C8H5CsO7S. The van der Waals surface area contributed by atoms with E-state index in [0.717, 1.165) is 6.07 Å². The fraction of sp³-hybridized carbons (Fsp3) is 0. The van der Waals surface area contributed by atoms with Gasteiger partial charge in [-0.05, 0) is 23.8 Å². The monoisotopic (exact) mass is 378 g/mol. The van der Waals surface area contributed by atoms with Crippen LogP contribution in [0.1, 0.15) is 20.7 Å². The molecule has 1 rings (SSSR count). The molecule has 0 aliphatic heterocycles. The van der Waals surface area contributed by atoms with Crippen molar-refractivity contribution in [3.63, 3.8) is 0 Å². The first-order chi connectivity index (χ1) is 7.21. The fourth-order valence-corrected chi connectivity index (χ4v) is 1.54. The third kappa shape index (κ3) is 4.71. The van der Waals surface area contributed by atoms with E-state index in [4.69, 9.17) is 9.66 Å². The van der Waals surface area contributed by atoms with Crippen molar-refractivity contribution in [2.24, 2.45) is 0 Å². The van der Waals surface area contributed by atoms with Gasteiger partial charge < -0.3 is 15.0 Å². The van der Waals surface area contributed by atoms with Gasteiger partial charge in [-0.2, -0.15) is 8.42 Å². The Labute approximate surface area is 155 Å². The summed E-state index contributed by atoms with van der Waals surface area (Å²) in [6, 6.07) is 1.98. The Morgan fingerprint density at radius 2 is 1.59 bits per heavy atom. The van der Waals surface area contributed by atoms with Crippen molar-refractivity contribution in [3.8, 4) is 0 Å². The predicted molar refractivity (Wildman–Crippen MR) is 47.5 cm³/mol. The van der Waals surface area contributed by atoms with Crippen LogP contribution >= 0.6 is 0 Å². The Morgan fingerprint density at radius 3 is 1.94 bits per heavy atom. The van der Waals surface area contributed by atoms with Crippen molar-refractivity contribution in [2.75, 3.05) is 0 Å². The summed E-state index contributed by atoms with van der Waals surface area (Å²) in [4.78, 5) is 20.2. The molecule has 0 aromatic heterocycles. The van der Waals surface area contributed by atoms with E-state index >= 15 is 0 Å². The molecule has 1 aromatic carbocycles. The van der Waals surface area contributed by atoms with Crippen LogP contribution in [0.5, 0.6) is 0 Å². The van der Waals surface area contributed by atoms with Gasteiger partial charge in [-0.1, -0.05) is 0 Å². The molecule has 86 valence electrons. The molecule has 0 unspecified atom stereocenters. The summed E-state index contributed by atoms with van der Waals surface area (Å²) in [5.74, 6) is -3.26. The van der Waals surface area contributed by atoms with Crippen LogP contribution in [0.3, 0.4) is 0 Å². The van der Waals surface area contributed by atoms with Crippen molar-refractivity contribution in [1.29, 1.82) is 0 Å². The van der Waals surface area contributed by atoms with Gasteiger partial charge in [-0.3, -0.25) is 4.55 Å². The SMILES string of the molecule is O=C([O-])c1cc(C(=O)O)cc(S(=O)(=O)O)c1.[Cs+]. The summed E-state index contributed by atoms with van der Waals surface area (Å²) < 4.78 is 30.1. The first kappa shape index (κ1) is 17.1. The molecule has 2 N–H and O–H groups in total. The number of hydrogen-bond acceptors (Lipinski definition) is 5. The normalized spacial score (nSPS) is 10.4. The van der Waals surface area contributed by atoms with Crippen molar-refractivity contribution in [2.45, 2.75) is 4.90 Å². The third-order valence-corrected chi connectivity index (χ3v) is 2.52. The minimum atomic E-state index is -4.67. The second-order valence-corrected chi connectivity index (χ2v) is 4.24. The number of rotatable bonds is 3. The topological polar surface area (TPSA) is 132 Å². The maximum absolute atomic E-state index is 10.7. The molecule has 0 aliphatic carbocycles. The molecule has 0 bridgehead atoms. The molecule has 0 fully saturated rings. The summed E-state index contributed by atoms with van der Waals surface area (Å²) >= 11 is 0. The molecular weight excluding hydrogens is 373 g/mol. The van der Waals surface area contributed by atoms with Gasteiger partial charge in [0.05, 0.1) is 16.4 Å². The molecule has 0 saturated carbocycles. The van der Waals surface area contributed by atoms with E-state index in [-0.39, 0.29) is 68.9 Å². The number of hydrogen-bond donors (Lipinski definition) is 2. The second-order valence-electron chi connectivity index (χ2n) is 2.81. The quantitative estimate of drug-likeness (QED) is 0.513. The van der Waals surface area contributed by atoms with E-state index in [1.165, 1.54) is 0 Å². The summed E-state index contributed by atoms with van der Waals surface area (Å²) in [6.45, 7) is 0. The molecule has 0 spiro atoms. The van der Waals surface area contributed by atoms with E-state index in [1.807, 2.05) is 0 Å². The molecule has 0 amide bonds. The van der Waals surface area contributed by atoms with Crippen molar-refractivity contribution < 1.29 is 102 Å². The second kappa shape index (κ2) is 6.34. The number of aromatic carboxylic acids is 2. The zero-order valence-corrected chi connectivity index (χ0v) is 15.7. The van der Waals surface area contributed by atoms with Gasteiger partial charge in [0, 0.05) is 0 Å². The van der Waals surface area contributed by atoms with Gasteiger partial charge in [0.1, 0.15) is 0 Å². The summed E-state index contributed by atoms with van der Waals surface area (Å²) in [7, 11) is -4.67. The van der Waals surface area contributed by atoms with Gasteiger partial charge in [-0.15, -0.1) is 0 Å². The van der Waals surface area contributed by atoms with Crippen molar-refractivity contribution >= 4 is 22.1 Å². The number of benzene rings is 1. The van der Waals surface area contributed by atoms with Crippen LogP contribution in [0.15, 0.2) is 23.1 Å². The third-order valence-electron chi connectivity index (χ3n) is 1.69. The zero-order valence-electron chi connectivity index (χ0n) is 8.58. The Bertz CT molecular complexity index is 531. The Kier molecular flexibility index (Phi) is 6.38. The van der Waals surface area contributed by atoms with Crippen molar-refractivity contribution in [1.82, 2.24) is 0 Å². The van der Waals surface area contributed by atoms with Crippen LogP contribution in [-0.2, 0) is 10.1 Å². The van der Waals surface area contributed by atoms with E-state index in [1.54, 1.807) is 0 Å². The van der Waals surface area contributed by atoms with E-state index in [0.29, 0.717) is 12.1 Å². The Morgan fingerprint density at radius 1 is 1.12 bits per heavy atom. The average Bonchev–Trinajstić information content (AvgIpc) is 2.15. The molecule has 7 nitrogen and oxygen atoms in total. The van der Waals surface area contributed by atoms with Gasteiger partial charge in [-0.25, -0.2) is 4.79 Å². The fourth-order valence-electron chi connectivity index (χ4n) is 0.989. The Balaban J connectivity index is 0.00000256. The Hall–Kier alpha value is 0.122. The van der Waals surface area contributed by atoms with Crippen LogP contribution < -0.4 is 74.0 Å². The molecule has 17 heavy (non-hydrogen) atoms. The van der Waals surface area contributed by atoms with Gasteiger partial charge in [0.25, 0.3) is 10.1 Å². The number of carboxylic acids is 2. The van der Waals surface area contributed by atoms with E-state index in [2.05, 4.69) is 0 Å².